The summed E-state index contributed by atoms with van der Waals surface area (Å²) in [6, 6.07) is 0.745. The van der Waals surface area contributed by atoms with Crippen molar-refractivity contribution in [1.29, 1.82) is 0 Å². The Morgan fingerprint density at radius 1 is 1.78 bits per heavy atom. The van der Waals surface area contributed by atoms with E-state index in [0.29, 0.717) is 0 Å². The maximum Gasteiger partial charge on any atom is 0.0139 e. The number of hydrogen-bond donors (Lipinski definition) is 1. The molecule has 1 N–H and O–H groups in total. The lowest BCUT2D eigenvalue weighted by atomic mass is 10.2. The zero-order valence-corrected chi connectivity index (χ0v) is 6.28. The minimum atomic E-state index is 0.745. The molecule has 0 aromatic rings. The predicted molar refractivity (Wildman–Crippen MR) is 40.5 cm³/mol. The lowest BCUT2D eigenvalue weighted by molar-refractivity contribution is 0.552. The van der Waals surface area contributed by atoms with Crippen molar-refractivity contribution in [3.8, 4) is 0 Å². The van der Waals surface area contributed by atoms with Crippen LogP contribution in [-0.4, -0.2) is 12.6 Å². The van der Waals surface area contributed by atoms with Crippen LogP contribution in [0.2, 0.25) is 0 Å². The van der Waals surface area contributed by atoms with Crippen LogP contribution in [0.3, 0.4) is 0 Å². The van der Waals surface area contributed by atoms with Crippen LogP contribution in [0.5, 0.6) is 0 Å². The molecule has 1 aliphatic carbocycles. The molecule has 0 aromatic heterocycles. The highest BCUT2D eigenvalue weighted by atomic mass is 14.9. The highest BCUT2D eigenvalue weighted by Gasteiger charge is 2.11. The molecule has 0 fully saturated rings. The topological polar surface area (TPSA) is 12.0 Å². The van der Waals surface area contributed by atoms with Crippen LogP contribution in [0.4, 0.5) is 0 Å². The van der Waals surface area contributed by atoms with Gasteiger partial charge in [0, 0.05) is 6.04 Å². The summed E-state index contributed by atoms with van der Waals surface area (Å²) in [5, 5.41) is 3.42. The molecule has 0 aliphatic heterocycles. The summed E-state index contributed by atoms with van der Waals surface area (Å²) in [5.41, 5.74) is 1.54. The van der Waals surface area contributed by atoms with E-state index in [-0.39, 0.29) is 0 Å². The molecule has 52 valence electrons. The molecule has 0 amide bonds. The number of rotatable bonds is 2. The van der Waals surface area contributed by atoms with Crippen LogP contribution < -0.4 is 5.32 Å². The SMILES string of the molecule is CCNC1CC=C(C)C1. The van der Waals surface area contributed by atoms with Gasteiger partial charge in [-0.2, -0.15) is 0 Å². The lowest BCUT2D eigenvalue weighted by Gasteiger charge is -2.08. The second-order valence-electron chi connectivity index (χ2n) is 2.74. The van der Waals surface area contributed by atoms with E-state index >= 15 is 0 Å². The molecular weight excluding hydrogens is 110 g/mol. The van der Waals surface area contributed by atoms with Gasteiger partial charge < -0.3 is 5.32 Å². The summed E-state index contributed by atoms with van der Waals surface area (Å²) in [4.78, 5) is 0. The Kier molecular flexibility index (Phi) is 2.29. The largest absolute Gasteiger partial charge is 0.314 e. The molecule has 0 heterocycles. The average Bonchev–Trinajstić information content (AvgIpc) is 2.17. The summed E-state index contributed by atoms with van der Waals surface area (Å²) >= 11 is 0. The first kappa shape index (κ1) is 6.81. The van der Waals surface area contributed by atoms with Gasteiger partial charge in [-0.25, -0.2) is 0 Å². The van der Waals surface area contributed by atoms with Crippen molar-refractivity contribution in [2.45, 2.75) is 32.7 Å². The summed E-state index contributed by atoms with van der Waals surface area (Å²) in [7, 11) is 0. The van der Waals surface area contributed by atoms with Gasteiger partial charge in [0.25, 0.3) is 0 Å². The van der Waals surface area contributed by atoms with E-state index in [1.165, 1.54) is 12.8 Å². The van der Waals surface area contributed by atoms with Crippen molar-refractivity contribution < 1.29 is 0 Å². The smallest absolute Gasteiger partial charge is 0.0139 e. The fourth-order valence-corrected chi connectivity index (χ4v) is 1.34. The molecule has 1 unspecified atom stereocenters. The summed E-state index contributed by atoms with van der Waals surface area (Å²) < 4.78 is 0. The van der Waals surface area contributed by atoms with Gasteiger partial charge in [-0.3, -0.25) is 0 Å². The number of hydrogen-bond acceptors (Lipinski definition) is 1. The summed E-state index contributed by atoms with van der Waals surface area (Å²) in [6.07, 6.45) is 4.82. The fourth-order valence-electron chi connectivity index (χ4n) is 1.34. The molecule has 9 heavy (non-hydrogen) atoms. The molecule has 1 heteroatoms. The molecule has 0 spiro atoms. The average molecular weight is 125 g/mol. The lowest BCUT2D eigenvalue weighted by Crippen LogP contribution is -2.25. The van der Waals surface area contributed by atoms with E-state index in [1.54, 1.807) is 5.57 Å². The van der Waals surface area contributed by atoms with Crippen LogP contribution in [-0.2, 0) is 0 Å². The van der Waals surface area contributed by atoms with Crippen LogP contribution in [0.25, 0.3) is 0 Å². The molecule has 1 atom stereocenters. The standard InChI is InChI=1S/C8H15N/c1-3-9-8-5-4-7(2)6-8/h4,8-9H,3,5-6H2,1-2H3. The third-order valence-corrected chi connectivity index (χ3v) is 1.81. The summed E-state index contributed by atoms with van der Waals surface area (Å²) in [5.74, 6) is 0. The minimum Gasteiger partial charge on any atom is -0.314 e. The Bertz CT molecular complexity index is 116. The van der Waals surface area contributed by atoms with E-state index < -0.39 is 0 Å². The van der Waals surface area contributed by atoms with Crippen LogP contribution in [0.1, 0.15) is 26.7 Å². The zero-order valence-electron chi connectivity index (χ0n) is 6.28. The van der Waals surface area contributed by atoms with Gasteiger partial charge in [0.1, 0.15) is 0 Å². The maximum absolute atomic E-state index is 3.42. The maximum atomic E-state index is 3.42. The first-order valence-corrected chi connectivity index (χ1v) is 3.72. The minimum absolute atomic E-state index is 0.745. The van der Waals surface area contributed by atoms with E-state index in [9.17, 15) is 0 Å². The molecule has 0 aromatic carbocycles. The first-order chi connectivity index (χ1) is 4.33. The molecule has 1 aliphatic rings. The second kappa shape index (κ2) is 3.02. The van der Waals surface area contributed by atoms with Gasteiger partial charge in [-0.05, 0) is 26.3 Å². The first-order valence-electron chi connectivity index (χ1n) is 3.72. The van der Waals surface area contributed by atoms with E-state index in [0.717, 1.165) is 12.6 Å². The second-order valence-corrected chi connectivity index (χ2v) is 2.74. The zero-order chi connectivity index (χ0) is 6.69. The monoisotopic (exact) mass is 125 g/mol. The van der Waals surface area contributed by atoms with Gasteiger partial charge in [0.05, 0.1) is 0 Å². The van der Waals surface area contributed by atoms with E-state index in [2.05, 4.69) is 25.2 Å². The third-order valence-electron chi connectivity index (χ3n) is 1.81. The summed E-state index contributed by atoms with van der Waals surface area (Å²) in [6.45, 7) is 5.47. The Morgan fingerprint density at radius 3 is 3.00 bits per heavy atom. The molecule has 0 saturated carbocycles. The Labute approximate surface area is 57.1 Å². The van der Waals surface area contributed by atoms with Crippen molar-refractivity contribution >= 4 is 0 Å². The molecule has 0 bridgehead atoms. The molecule has 0 radical (unpaired) electrons. The van der Waals surface area contributed by atoms with Crippen molar-refractivity contribution in [2.24, 2.45) is 0 Å². The van der Waals surface area contributed by atoms with Gasteiger partial charge in [0.2, 0.25) is 0 Å². The molecule has 0 saturated heterocycles. The Balaban J connectivity index is 2.21. The number of nitrogens with one attached hydrogen (secondary N) is 1. The third kappa shape index (κ3) is 1.83. The van der Waals surface area contributed by atoms with Crippen LogP contribution in [0, 0.1) is 0 Å². The van der Waals surface area contributed by atoms with Crippen molar-refractivity contribution in [1.82, 2.24) is 5.32 Å². The van der Waals surface area contributed by atoms with E-state index in [1.807, 2.05) is 0 Å². The van der Waals surface area contributed by atoms with Crippen molar-refractivity contribution in [3.63, 3.8) is 0 Å². The van der Waals surface area contributed by atoms with Crippen molar-refractivity contribution in [3.05, 3.63) is 11.6 Å². The van der Waals surface area contributed by atoms with Gasteiger partial charge in [-0.15, -0.1) is 0 Å². The molecule has 1 rings (SSSR count). The van der Waals surface area contributed by atoms with Crippen LogP contribution in [0.15, 0.2) is 11.6 Å². The van der Waals surface area contributed by atoms with Gasteiger partial charge >= 0.3 is 0 Å². The Hall–Kier alpha value is -0.300. The van der Waals surface area contributed by atoms with E-state index in [4.69, 9.17) is 0 Å². The normalized spacial score (nSPS) is 26.4. The predicted octanol–water partition coefficient (Wildman–Crippen LogP) is 1.70. The molecule has 1 nitrogen and oxygen atoms in total. The van der Waals surface area contributed by atoms with Gasteiger partial charge in [0.15, 0.2) is 0 Å². The van der Waals surface area contributed by atoms with Crippen LogP contribution >= 0.6 is 0 Å². The van der Waals surface area contributed by atoms with Crippen molar-refractivity contribution in [2.75, 3.05) is 6.54 Å². The quantitative estimate of drug-likeness (QED) is 0.554. The fraction of sp³-hybridized carbons (Fsp3) is 0.750. The highest BCUT2D eigenvalue weighted by Crippen LogP contribution is 2.16. The van der Waals surface area contributed by atoms with Gasteiger partial charge in [-0.1, -0.05) is 18.6 Å². The Morgan fingerprint density at radius 2 is 2.56 bits per heavy atom. The molecular formula is C8H15N. The highest BCUT2D eigenvalue weighted by molar-refractivity contribution is 5.09.